The Labute approximate surface area is 234 Å². The van der Waals surface area contributed by atoms with Crippen LogP contribution in [0.1, 0.15) is 41.6 Å². The maximum atomic E-state index is 12.7. The molecule has 0 aliphatic carbocycles. The van der Waals surface area contributed by atoms with Gasteiger partial charge in [0.1, 0.15) is 5.58 Å². The molecule has 2 aromatic carbocycles. The van der Waals surface area contributed by atoms with Crippen LogP contribution in [0.3, 0.4) is 0 Å². The number of nitrogens with zero attached hydrogens (tertiary/aromatic N) is 1. The van der Waals surface area contributed by atoms with Crippen molar-refractivity contribution in [3.05, 3.63) is 58.8 Å². The number of likely N-dealkylation sites (tertiary alicyclic amines) is 1. The molecule has 0 radical (unpaired) electrons. The molecule has 5 rings (SSSR count). The van der Waals surface area contributed by atoms with Crippen molar-refractivity contribution in [1.82, 2.24) is 10.2 Å². The first-order chi connectivity index (χ1) is 18.6. The van der Waals surface area contributed by atoms with E-state index in [1.54, 1.807) is 24.3 Å². The second-order valence-electron chi connectivity index (χ2n) is 10.3. The van der Waals surface area contributed by atoms with Gasteiger partial charge in [-0.25, -0.2) is 0 Å². The first-order valence-corrected chi connectivity index (χ1v) is 15.0. The zero-order chi connectivity index (χ0) is 28.0. The molecule has 4 N–H and O–H groups in total. The average molecular weight is 578 g/mol. The summed E-state index contributed by atoms with van der Waals surface area (Å²) in [5.41, 5.74) is 8.30. The predicted octanol–water partition coefficient (Wildman–Crippen LogP) is 4.78. The van der Waals surface area contributed by atoms with Crippen molar-refractivity contribution in [3.63, 3.8) is 0 Å². The van der Waals surface area contributed by atoms with Crippen LogP contribution in [0.15, 0.2) is 52.0 Å². The summed E-state index contributed by atoms with van der Waals surface area (Å²) in [6.45, 7) is 7.73. The Hall–Kier alpha value is -2.63. The van der Waals surface area contributed by atoms with Gasteiger partial charge in [-0.3, -0.25) is 9.35 Å². The molecule has 1 aromatic heterocycles. The number of aryl methyl sites for hydroxylation is 1. The summed E-state index contributed by atoms with van der Waals surface area (Å²) < 4.78 is 40.5. The van der Waals surface area contributed by atoms with E-state index in [2.05, 4.69) is 10.2 Å². The average Bonchev–Trinajstić information content (AvgIpc) is 3.41. The number of carbonyl (C=O) groups is 1. The van der Waals surface area contributed by atoms with E-state index in [0.717, 1.165) is 50.6 Å². The number of piperidine rings is 1. The Morgan fingerprint density at radius 3 is 2.41 bits per heavy atom. The van der Waals surface area contributed by atoms with Crippen LogP contribution in [-0.2, 0) is 14.9 Å². The standard InChI is InChI=1S/C21H28ClN3O3.C7H8O3S/c22-18-11-17(20-16(19(18)23)5-10-28-20)21(26)24-12-14-1-6-25(7-2-14)13-15-3-8-27-9-4-15;1-6-2-4-7(5-3-6)11(8,9)10/h5,10-11,14-15H,1-4,6-9,12-13,23H2,(H,24,26);2-5H,1H3,(H,8,9,10). The molecular weight excluding hydrogens is 542 g/mol. The highest BCUT2D eigenvalue weighted by Gasteiger charge is 2.24. The molecule has 1 amide bonds. The number of fused-ring (bicyclic) bond motifs is 1. The Balaban J connectivity index is 0.000000270. The Kier molecular flexibility index (Phi) is 9.90. The minimum atomic E-state index is -4.02. The highest BCUT2D eigenvalue weighted by atomic mass is 35.5. The lowest BCUT2D eigenvalue weighted by molar-refractivity contribution is 0.0467. The van der Waals surface area contributed by atoms with E-state index in [9.17, 15) is 13.2 Å². The number of halogens is 1. The molecule has 0 unspecified atom stereocenters. The molecule has 0 atom stereocenters. The van der Waals surface area contributed by atoms with Gasteiger partial charge in [-0.1, -0.05) is 29.3 Å². The molecule has 212 valence electrons. The minimum Gasteiger partial charge on any atom is -0.463 e. The Morgan fingerprint density at radius 2 is 1.77 bits per heavy atom. The van der Waals surface area contributed by atoms with Gasteiger partial charge in [0.05, 0.1) is 27.4 Å². The number of nitrogens with one attached hydrogen (secondary N) is 1. The summed E-state index contributed by atoms with van der Waals surface area (Å²) in [4.78, 5) is 15.2. The second kappa shape index (κ2) is 13.1. The molecule has 2 fully saturated rings. The van der Waals surface area contributed by atoms with Crippen molar-refractivity contribution in [3.8, 4) is 0 Å². The van der Waals surface area contributed by atoms with Crippen LogP contribution in [0.25, 0.3) is 11.0 Å². The molecule has 2 aliphatic rings. The molecule has 0 spiro atoms. The second-order valence-corrected chi connectivity index (χ2v) is 12.1. The van der Waals surface area contributed by atoms with Gasteiger partial charge in [-0.05, 0) is 81.8 Å². The maximum absolute atomic E-state index is 12.7. The lowest BCUT2D eigenvalue weighted by atomic mass is 9.94. The van der Waals surface area contributed by atoms with Gasteiger partial charge in [0, 0.05) is 31.7 Å². The number of rotatable bonds is 6. The van der Waals surface area contributed by atoms with Crippen molar-refractivity contribution < 1.29 is 26.9 Å². The molecule has 39 heavy (non-hydrogen) atoms. The normalized spacial score (nSPS) is 17.5. The number of nitrogen functional groups attached to an aromatic ring is 1. The molecule has 2 aliphatic heterocycles. The summed E-state index contributed by atoms with van der Waals surface area (Å²) in [7, 11) is -4.02. The molecule has 3 heterocycles. The third-order valence-corrected chi connectivity index (χ3v) is 8.59. The molecule has 11 heteroatoms. The van der Waals surface area contributed by atoms with E-state index in [0.29, 0.717) is 39.7 Å². The summed E-state index contributed by atoms with van der Waals surface area (Å²) in [5.74, 6) is 1.12. The molecular formula is C28H36ClN3O6S. The van der Waals surface area contributed by atoms with Crippen LogP contribution in [0.5, 0.6) is 0 Å². The highest BCUT2D eigenvalue weighted by molar-refractivity contribution is 7.85. The van der Waals surface area contributed by atoms with E-state index in [-0.39, 0.29) is 10.8 Å². The van der Waals surface area contributed by atoms with E-state index in [4.69, 9.17) is 31.0 Å². The van der Waals surface area contributed by atoms with E-state index < -0.39 is 10.1 Å². The van der Waals surface area contributed by atoms with Gasteiger partial charge in [-0.15, -0.1) is 0 Å². The van der Waals surface area contributed by atoms with Crippen LogP contribution in [0, 0.1) is 18.8 Å². The van der Waals surface area contributed by atoms with Crippen LogP contribution < -0.4 is 11.1 Å². The molecule has 0 bridgehead atoms. The number of anilines is 1. The van der Waals surface area contributed by atoms with Crippen molar-refractivity contribution >= 4 is 44.3 Å². The number of carbonyl (C=O) groups excluding carboxylic acids is 1. The molecule has 2 saturated heterocycles. The van der Waals surface area contributed by atoms with Gasteiger partial charge in [0.25, 0.3) is 16.0 Å². The highest BCUT2D eigenvalue weighted by Crippen LogP contribution is 2.32. The smallest absolute Gasteiger partial charge is 0.294 e. The number of benzene rings is 2. The largest absolute Gasteiger partial charge is 0.463 e. The first-order valence-electron chi connectivity index (χ1n) is 13.2. The summed E-state index contributed by atoms with van der Waals surface area (Å²) in [6, 6.07) is 9.32. The van der Waals surface area contributed by atoms with Crippen molar-refractivity contribution in [1.29, 1.82) is 0 Å². The van der Waals surface area contributed by atoms with E-state index >= 15 is 0 Å². The van der Waals surface area contributed by atoms with Crippen molar-refractivity contribution in [2.75, 3.05) is 45.1 Å². The van der Waals surface area contributed by atoms with Gasteiger partial charge >= 0.3 is 0 Å². The number of furan rings is 1. The summed E-state index contributed by atoms with van der Waals surface area (Å²) in [6.07, 6.45) is 6.12. The van der Waals surface area contributed by atoms with Gasteiger partial charge in [-0.2, -0.15) is 8.42 Å². The van der Waals surface area contributed by atoms with Gasteiger partial charge in [0.15, 0.2) is 0 Å². The van der Waals surface area contributed by atoms with Crippen LogP contribution >= 0.6 is 11.6 Å². The van der Waals surface area contributed by atoms with Gasteiger partial charge in [0.2, 0.25) is 0 Å². The van der Waals surface area contributed by atoms with Crippen LogP contribution in [0.4, 0.5) is 5.69 Å². The third-order valence-electron chi connectivity index (χ3n) is 7.41. The summed E-state index contributed by atoms with van der Waals surface area (Å²) in [5, 5.41) is 4.12. The lowest BCUT2D eigenvalue weighted by Gasteiger charge is -2.35. The molecule has 0 saturated carbocycles. The van der Waals surface area contributed by atoms with Crippen molar-refractivity contribution in [2.24, 2.45) is 11.8 Å². The molecule has 9 nitrogen and oxygen atoms in total. The number of hydrogen-bond acceptors (Lipinski definition) is 7. The quantitative estimate of drug-likeness (QED) is 0.281. The SMILES string of the molecule is Cc1ccc(S(=O)(=O)O)cc1.Nc1c(Cl)cc(C(=O)NCC2CCN(CC3CCOCC3)CC2)c2occc12. The Bertz CT molecular complexity index is 1360. The zero-order valence-corrected chi connectivity index (χ0v) is 23.6. The summed E-state index contributed by atoms with van der Waals surface area (Å²) >= 11 is 6.18. The maximum Gasteiger partial charge on any atom is 0.294 e. The van der Waals surface area contributed by atoms with Crippen molar-refractivity contribution in [2.45, 2.75) is 37.5 Å². The van der Waals surface area contributed by atoms with E-state index in [1.807, 2.05) is 6.92 Å². The first kappa shape index (κ1) is 29.4. The fourth-order valence-electron chi connectivity index (χ4n) is 5.01. The molecule has 3 aromatic rings. The fourth-order valence-corrected chi connectivity index (χ4v) is 5.70. The number of hydrogen-bond donors (Lipinski definition) is 3. The van der Waals surface area contributed by atoms with Gasteiger partial charge < -0.3 is 25.1 Å². The lowest BCUT2D eigenvalue weighted by Crippen LogP contribution is -2.41. The third kappa shape index (κ3) is 7.95. The number of ether oxygens (including phenoxy) is 1. The monoisotopic (exact) mass is 577 g/mol. The zero-order valence-electron chi connectivity index (χ0n) is 22.1. The van der Waals surface area contributed by atoms with Crippen LogP contribution in [-0.4, -0.2) is 63.2 Å². The Morgan fingerprint density at radius 1 is 1.10 bits per heavy atom. The number of nitrogens with two attached hydrogens (primary N) is 1. The fraction of sp³-hybridized carbons (Fsp3) is 0.464. The van der Waals surface area contributed by atoms with Crippen LogP contribution in [0.2, 0.25) is 5.02 Å². The number of amides is 1. The minimum absolute atomic E-state index is 0.0666. The predicted molar refractivity (Wildman–Crippen MR) is 152 cm³/mol. The van der Waals surface area contributed by atoms with E-state index in [1.165, 1.54) is 37.8 Å². The topological polar surface area (TPSA) is 135 Å².